The SMILES string of the molecule is Oc1ccc(COc2cccc(Cl)c2)c(F)c1. The Hall–Kier alpha value is -1.74. The summed E-state index contributed by atoms with van der Waals surface area (Å²) in [5.74, 6) is -0.0222. The molecule has 0 aliphatic carbocycles. The highest BCUT2D eigenvalue weighted by Gasteiger charge is 2.04. The van der Waals surface area contributed by atoms with Gasteiger partial charge in [-0.05, 0) is 30.3 Å². The van der Waals surface area contributed by atoms with Crippen molar-refractivity contribution in [1.29, 1.82) is 0 Å². The predicted molar refractivity (Wildman–Crippen MR) is 63.8 cm³/mol. The minimum absolute atomic E-state index is 0.0897. The number of hydrogen-bond acceptors (Lipinski definition) is 2. The maximum atomic E-state index is 13.4. The lowest BCUT2D eigenvalue weighted by Gasteiger charge is -2.07. The Bertz CT molecular complexity index is 529. The normalized spacial score (nSPS) is 10.2. The van der Waals surface area contributed by atoms with E-state index in [0.717, 1.165) is 6.07 Å². The molecule has 88 valence electrons. The Morgan fingerprint density at radius 1 is 1.18 bits per heavy atom. The van der Waals surface area contributed by atoms with Crippen LogP contribution in [0.1, 0.15) is 5.56 Å². The second-order valence-corrected chi connectivity index (χ2v) is 3.96. The van der Waals surface area contributed by atoms with Crippen LogP contribution >= 0.6 is 11.6 Å². The fourth-order valence-corrected chi connectivity index (χ4v) is 1.55. The summed E-state index contributed by atoms with van der Waals surface area (Å²) >= 11 is 5.79. The Balaban J connectivity index is 2.07. The summed E-state index contributed by atoms with van der Waals surface area (Å²) < 4.78 is 18.8. The molecule has 17 heavy (non-hydrogen) atoms. The van der Waals surface area contributed by atoms with E-state index in [9.17, 15) is 4.39 Å². The van der Waals surface area contributed by atoms with Crippen LogP contribution in [0.15, 0.2) is 42.5 Å². The summed E-state index contributed by atoms with van der Waals surface area (Å²) in [5.41, 5.74) is 0.378. The summed E-state index contributed by atoms with van der Waals surface area (Å²) in [5, 5.41) is 9.62. The van der Waals surface area contributed by atoms with E-state index in [2.05, 4.69) is 0 Å². The first-order chi connectivity index (χ1) is 8.15. The van der Waals surface area contributed by atoms with Crippen LogP contribution in [-0.2, 0) is 6.61 Å². The quantitative estimate of drug-likeness (QED) is 0.901. The van der Waals surface area contributed by atoms with Gasteiger partial charge in [-0.25, -0.2) is 4.39 Å². The molecule has 0 saturated heterocycles. The molecule has 0 unspecified atom stereocenters. The van der Waals surface area contributed by atoms with Crippen LogP contribution in [0.3, 0.4) is 0 Å². The van der Waals surface area contributed by atoms with Gasteiger partial charge >= 0.3 is 0 Å². The summed E-state index contributed by atoms with van der Waals surface area (Å²) in [7, 11) is 0. The van der Waals surface area contributed by atoms with Crippen molar-refractivity contribution in [3.8, 4) is 11.5 Å². The zero-order chi connectivity index (χ0) is 12.3. The number of halogens is 2. The third-order valence-corrected chi connectivity index (χ3v) is 2.46. The molecule has 1 N–H and O–H groups in total. The van der Waals surface area contributed by atoms with Crippen LogP contribution in [0.4, 0.5) is 4.39 Å². The minimum Gasteiger partial charge on any atom is -0.508 e. The van der Waals surface area contributed by atoms with Crippen LogP contribution in [0.25, 0.3) is 0 Å². The van der Waals surface area contributed by atoms with Crippen molar-refractivity contribution in [3.05, 3.63) is 58.9 Å². The zero-order valence-electron chi connectivity index (χ0n) is 8.86. The highest BCUT2D eigenvalue weighted by Crippen LogP contribution is 2.20. The molecule has 0 aliphatic heterocycles. The van der Waals surface area contributed by atoms with Gasteiger partial charge < -0.3 is 9.84 Å². The van der Waals surface area contributed by atoms with Crippen molar-refractivity contribution in [2.45, 2.75) is 6.61 Å². The molecule has 0 aliphatic rings. The molecule has 0 radical (unpaired) electrons. The maximum Gasteiger partial charge on any atom is 0.133 e. The van der Waals surface area contributed by atoms with Crippen molar-refractivity contribution in [2.75, 3.05) is 0 Å². The van der Waals surface area contributed by atoms with Gasteiger partial charge in [-0.2, -0.15) is 0 Å². The van der Waals surface area contributed by atoms with Crippen LogP contribution in [0, 0.1) is 5.82 Å². The molecule has 2 aromatic rings. The van der Waals surface area contributed by atoms with Crippen molar-refractivity contribution < 1.29 is 14.2 Å². The Morgan fingerprint density at radius 3 is 2.71 bits per heavy atom. The van der Waals surface area contributed by atoms with Crippen LogP contribution in [0.5, 0.6) is 11.5 Å². The van der Waals surface area contributed by atoms with E-state index < -0.39 is 5.82 Å². The van der Waals surface area contributed by atoms with Crippen LogP contribution < -0.4 is 4.74 Å². The first-order valence-corrected chi connectivity index (χ1v) is 5.39. The second kappa shape index (κ2) is 5.06. The van der Waals surface area contributed by atoms with E-state index in [1.165, 1.54) is 12.1 Å². The van der Waals surface area contributed by atoms with Crippen LogP contribution in [0.2, 0.25) is 5.02 Å². The molecule has 2 rings (SSSR count). The topological polar surface area (TPSA) is 29.5 Å². The first kappa shape index (κ1) is 11.7. The molecular weight excluding hydrogens is 243 g/mol. The third-order valence-electron chi connectivity index (χ3n) is 2.23. The van der Waals surface area contributed by atoms with Crippen molar-refractivity contribution in [1.82, 2.24) is 0 Å². The van der Waals surface area contributed by atoms with Gasteiger partial charge in [-0.3, -0.25) is 0 Å². The third kappa shape index (κ3) is 3.11. The summed E-state index contributed by atoms with van der Waals surface area (Å²) in [6.45, 7) is 0.0897. The molecule has 0 heterocycles. The molecule has 4 heteroatoms. The molecule has 0 atom stereocenters. The molecule has 0 fully saturated rings. The van der Waals surface area contributed by atoms with Gasteiger partial charge in [0.1, 0.15) is 23.9 Å². The standard InChI is InChI=1S/C13H10ClFO2/c14-10-2-1-3-12(6-10)17-8-9-4-5-11(16)7-13(9)15/h1-7,16H,8H2. The van der Waals surface area contributed by atoms with E-state index in [-0.39, 0.29) is 12.4 Å². The van der Waals surface area contributed by atoms with E-state index >= 15 is 0 Å². The lowest BCUT2D eigenvalue weighted by molar-refractivity contribution is 0.299. The lowest BCUT2D eigenvalue weighted by atomic mass is 10.2. The van der Waals surface area contributed by atoms with Crippen molar-refractivity contribution >= 4 is 11.6 Å². The first-order valence-electron chi connectivity index (χ1n) is 5.01. The molecule has 2 aromatic carbocycles. The van der Waals surface area contributed by atoms with Gasteiger partial charge in [0, 0.05) is 16.7 Å². The average Bonchev–Trinajstić information content (AvgIpc) is 2.28. The van der Waals surface area contributed by atoms with E-state index in [1.54, 1.807) is 24.3 Å². The Kier molecular flexibility index (Phi) is 3.49. The van der Waals surface area contributed by atoms with Crippen LogP contribution in [-0.4, -0.2) is 5.11 Å². The monoisotopic (exact) mass is 252 g/mol. The van der Waals surface area contributed by atoms with Crippen molar-refractivity contribution in [2.24, 2.45) is 0 Å². The minimum atomic E-state index is -0.493. The van der Waals surface area contributed by atoms with Gasteiger partial charge in [0.2, 0.25) is 0 Å². The summed E-state index contributed by atoms with van der Waals surface area (Å²) in [6, 6.07) is 10.8. The van der Waals surface area contributed by atoms with Gasteiger partial charge in [0.05, 0.1) is 0 Å². The van der Waals surface area contributed by atoms with Gasteiger partial charge in [-0.15, -0.1) is 0 Å². The number of hydrogen-bond donors (Lipinski definition) is 1. The Labute approximate surface area is 103 Å². The number of rotatable bonds is 3. The molecule has 0 bridgehead atoms. The smallest absolute Gasteiger partial charge is 0.133 e. The van der Waals surface area contributed by atoms with E-state index in [0.29, 0.717) is 16.3 Å². The molecule has 0 aromatic heterocycles. The molecule has 0 amide bonds. The summed E-state index contributed by atoms with van der Waals surface area (Å²) in [4.78, 5) is 0. The van der Waals surface area contributed by atoms with Gasteiger partial charge in [0.15, 0.2) is 0 Å². The highest BCUT2D eigenvalue weighted by molar-refractivity contribution is 6.30. The van der Waals surface area contributed by atoms with Gasteiger partial charge in [0.25, 0.3) is 0 Å². The number of ether oxygens (including phenoxy) is 1. The predicted octanol–water partition coefficient (Wildman–Crippen LogP) is 3.76. The number of phenolic OH excluding ortho intramolecular Hbond substituents is 1. The number of phenols is 1. The molecular formula is C13H10ClFO2. The average molecular weight is 253 g/mol. The molecule has 0 spiro atoms. The fraction of sp³-hybridized carbons (Fsp3) is 0.0769. The molecule has 2 nitrogen and oxygen atoms in total. The van der Waals surface area contributed by atoms with Gasteiger partial charge in [-0.1, -0.05) is 17.7 Å². The van der Waals surface area contributed by atoms with Crippen molar-refractivity contribution in [3.63, 3.8) is 0 Å². The number of aromatic hydroxyl groups is 1. The maximum absolute atomic E-state index is 13.4. The fourth-order valence-electron chi connectivity index (χ4n) is 1.37. The van der Waals surface area contributed by atoms with E-state index in [1.807, 2.05) is 0 Å². The van der Waals surface area contributed by atoms with E-state index in [4.69, 9.17) is 21.4 Å². The summed E-state index contributed by atoms with van der Waals surface area (Å²) in [6.07, 6.45) is 0. The molecule has 0 saturated carbocycles. The Morgan fingerprint density at radius 2 is 2.00 bits per heavy atom. The lowest BCUT2D eigenvalue weighted by Crippen LogP contribution is -1.98. The highest BCUT2D eigenvalue weighted by atomic mass is 35.5. The second-order valence-electron chi connectivity index (χ2n) is 3.52. The largest absolute Gasteiger partial charge is 0.508 e. The zero-order valence-corrected chi connectivity index (χ0v) is 9.62. The number of benzene rings is 2.